The molecule has 0 aliphatic rings. The van der Waals surface area contributed by atoms with Crippen molar-refractivity contribution in [3.63, 3.8) is 0 Å². The van der Waals surface area contributed by atoms with Crippen LogP contribution >= 0.6 is 0 Å². The van der Waals surface area contributed by atoms with Crippen molar-refractivity contribution in [2.45, 2.75) is 13.3 Å². The molecule has 0 fully saturated rings. The van der Waals surface area contributed by atoms with E-state index in [4.69, 9.17) is 9.47 Å². The summed E-state index contributed by atoms with van der Waals surface area (Å²) in [7, 11) is 3.02. The van der Waals surface area contributed by atoms with Crippen molar-refractivity contribution in [3.8, 4) is 11.5 Å². The van der Waals surface area contributed by atoms with Crippen molar-refractivity contribution in [1.29, 1.82) is 0 Å². The van der Waals surface area contributed by atoms with Crippen LogP contribution in [0.4, 0.5) is 5.69 Å². The summed E-state index contributed by atoms with van der Waals surface area (Å²) >= 11 is 0. The van der Waals surface area contributed by atoms with Crippen LogP contribution in [0.15, 0.2) is 42.5 Å². The fourth-order valence-electron chi connectivity index (χ4n) is 2.25. The van der Waals surface area contributed by atoms with Crippen LogP contribution in [0.3, 0.4) is 0 Å². The number of hydrogen-bond donors (Lipinski definition) is 3. The highest BCUT2D eigenvalue weighted by atomic mass is 16.5. The number of ether oxygens (including phenoxy) is 2. The molecule has 2 rings (SSSR count). The lowest BCUT2D eigenvalue weighted by Crippen LogP contribution is -2.33. The van der Waals surface area contributed by atoms with Gasteiger partial charge in [0.15, 0.2) is 0 Å². The van der Waals surface area contributed by atoms with Gasteiger partial charge in [-0.2, -0.15) is 0 Å². The molecule has 0 saturated heterocycles. The number of hydrazine groups is 1. The van der Waals surface area contributed by atoms with E-state index in [-0.39, 0.29) is 11.5 Å². The predicted molar refractivity (Wildman–Crippen MR) is 99.6 cm³/mol. The lowest BCUT2D eigenvalue weighted by atomic mass is 10.2. The van der Waals surface area contributed by atoms with Gasteiger partial charge in [-0.05, 0) is 30.3 Å². The minimum absolute atomic E-state index is 0.156. The van der Waals surface area contributed by atoms with E-state index < -0.39 is 5.91 Å². The summed E-state index contributed by atoms with van der Waals surface area (Å²) in [5.74, 6) is 0.362. The summed E-state index contributed by atoms with van der Waals surface area (Å²) in [6, 6.07) is 11.4. The normalized spacial score (nSPS) is 10.9. The Hall–Kier alpha value is -3.55. The van der Waals surface area contributed by atoms with Gasteiger partial charge in [0.05, 0.1) is 24.6 Å². The van der Waals surface area contributed by atoms with Gasteiger partial charge >= 0.3 is 5.91 Å². The van der Waals surface area contributed by atoms with E-state index in [2.05, 4.69) is 10.7 Å². The number of methoxy groups -OCH3 is 2. The van der Waals surface area contributed by atoms with Crippen molar-refractivity contribution in [2.24, 2.45) is 0 Å². The van der Waals surface area contributed by atoms with Crippen LogP contribution in [0.1, 0.15) is 29.3 Å². The number of anilines is 1. The fourth-order valence-corrected chi connectivity index (χ4v) is 2.25. The zero-order chi connectivity index (χ0) is 19.8. The average molecular weight is 372 g/mol. The number of benzene rings is 2. The standard InChI is InChI=1S/C19H21N3O5/c1-4-18(23)20-15-7-5-6-13(10-15)19(24)21-22(25)12-14-8-9-16(26-2)11-17(14)27-3/h5-12H,4H2,1-3H3,(H2-,20,21,23,24,25)/p+1. The van der Waals surface area contributed by atoms with Crippen LogP contribution in [0.2, 0.25) is 0 Å². The minimum Gasteiger partial charge on any atom is -0.497 e. The van der Waals surface area contributed by atoms with E-state index in [1.54, 1.807) is 43.3 Å². The Kier molecular flexibility index (Phi) is 6.76. The lowest BCUT2D eigenvalue weighted by Gasteiger charge is -2.06. The van der Waals surface area contributed by atoms with Crippen LogP contribution in [0, 0.1) is 0 Å². The van der Waals surface area contributed by atoms with Gasteiger partial charge in [-0.15, -0.1) is 0 Å². The first-order valence-corrected chi connectivity index (χ1v) is 8.22. The van der Waals surface area contributed by atoms with Crippen LogP contribution in [0.25, 0.3) is 0 Å². The number of amides is 2. The van der Waals surface area contributed by atoms with Crippen LogP contribution in [-0.4, -0.2) is 42.3 Å². The zero-order valence-corrected chi connectivity index (χ0v) is 15.4. The molecular formula is C19H22N3O5+. The maximum Gasteiger partial charge on any atom is 0.309 e. The quantitative estimate of drug-likeness (QED) is 0.299. The van der Waals surface area contributed by atoms with Crippen molar-refractivity contribution < 1.29 is 29.1 Å². The monoisotopic (exact) mass is 372 g/mol. The highest BCUT2D eigenvalue weighted by Gasteiger charge is 2.15. The third kappa shape index (κ3) is 5.46. The molecule has 0 aromatic heterocycles. The summed E-state index contributed by atoms with van der Waals surface area (Å²) in [5.41, 5.74) is 3.62. The van der Waals surface area contributed by atoms with Gasteiger partial charge in [-0.3, -0.25) is 14.8 Å². The molecule has 2 aromatic carbocycles. The third-order valence-electron chi connectivity index (χ3n) is 3.65. The largest absolute Gasteiger partial charge is 0.497 e. The number of hydrazone groups is 1. The van der Waals surface area contributed by atoms with E-state index in [9.17, 15) is 14.8 Å². The first-order valence-electron chi connectivity index (χ1n) is 8.22. The van der Waals surface area contributed by atoms with E-state index in [0.717, 1.165) is 0 Å². The molecule has 0 spiro atoms. The molecule has 2 amide bonds. The molecule has 27 heavy (non-hydrogen) atoms. The SMILES string of the molecule is CCC(=O)Nc1cccc(C(=O)N[N+](O)=Cc2ccc(OC)cc2OC)c1. The highest BCUT2D eigenvalue weighted by Crippen LogP contribution is 2.22. The lowest BCUT2D eigenvalue weighted by molar-refractivity contribution is -0.803. The summed E-state index contributed by atoms with van der Waals surface area (Å²) in [6.45, 7) is 1.73. The smallest absolute Gasteiger partial charge is 0.309 e. The molecular weight excluding hydrogens is 350 g/mol. The zero-order valence-electron chi connectivity index (χ0n) is 15.4. The summed E-state index contributed by atoms with van der Waals surface area (Å²) < 4.78 is 10.4. The van der Waals surface area contributed by atoms with Crippen molar-refractivity contribution in [2.75, 3.05) is 19.5 Å². The molecule has 2 aromatic rings. The summed E-state index contributed by atoms with van der Waals surface area (Å²) in [6.07, 6.45) is 1.62. The Morgan fingerprint density at radius 1 is 1.15 bits per heavy atom. The minimum atomic E-state index is -0.547. The predicted octanol–water partition coefficient (Wildman–Crippen LogP) is 2.22. The van der Waals surface area contributed by atoms with Gasteiger partial charge in [-0.1, -0.05) is 18.4 Å². The Balaban J connectivity index is 2.14. The Morgan fingerprint density at radius 3 is 2.59 bits per heavy atom. The second kappa shape index (κ2) is 9.23. The van der Waals surface area contributed by atoms with E-state index in [0.29, 0.717) is 34.0 Å². The molecule has 0 aliphatic carbocycles. The topological polar surface area (TPSA) is 99.9 Å². The Morgan fingerprint density at radius 2 is 1.93 bits per heavy atom. The van der Waals surface area contributed by atoms with Gasteiger partial charge in [0, 0.05) is 23.7 Å². The molecule has 0 aliphatic heterocycles. The number of hydrogen-bond acceptors (Lipinski definition) is 5. The van der Waals surface area contributed by atoms with Gasteiger partial charge in [0.2, 0.25) is 5.91 Å². The molecule has 142 valence electrons. The summed E-state index contributed by atoms with van der Waals surface area (Å²) in [4.78, 5) is 24.3. The molecule has 0 saturated carbocycles. The first kappa shape index (κ1) is 19.8. The number of carbonyl (C=O) groups is 2. The second-order valence-corrected chi connectivity index (χ2v) is 5.51. The van der Waals surface area contributed by atoms with E-state index in [1.807, 2.05) is 0 Å². The number of nitrogens with one attached hydrogen (secondary N) is 2. The van der Waals surface area contributed by atoms with Gasteiger partial charge < -0.3 is 14.8 Å². The van der Waals surface area contributed by atoms with Crippen molar-refractivity contribution in [3.05, 3.63) is 53.6 Å². The number of carbonyl (C=O) groups excluding carboxylic acids is 2. The van der Waals surface area contributed by atoms with Crippen LogP contribution in [-0.2, 0) is 4.79 Å². The molecule has 0 radical (unpaired) electrons. The Labute approximate surface area is 157 Å². The molecule has 0 unspecified atom stereocenters. The molecule has 0 atom stereocenters. The third-order valence-corrected chi connectivity index (χ3v) is 3.65. The van der Waals surface area contributed by atoms with Crippen molar-refractivity contribution >= 4 is 23.7 Å². The maximum atomic E-state index is 12.3. The first-order chi connectivity index (χ1) is 13.0. The Bertz CT molecular complexity index is 864. The summed E-state index contributed by atoms with van der Waals surface area (Å²) in [5, 5.41) is 12.7. The average Bonchev–Trinajstić information content (AvgIpc) is 2.68. The molecule has 8 heteroatoms. The van der Waals surface area contributed by atoms with Gasteiger partial charge in [0.1, 0.15) is 11.5 Å². The van der Waals surface area contributed by atoms with Crippen molar-refractivity contribution in [1.82, 2.24) is 5.43 Å². The fraction of sp³-hybridized carbons (Fsp3) is 0.211. The maximum absolute atomic E-state index is 12.3. The number of nitrogens with zero attached hydrogens (tertiary/aromatic N) is 1. The molecule has 3 N–H and O–H groups in total. The molecule has 0 bridgehead atoms. The van der Waals surface area contributed by atoms with Gasteiger partial charge in [-0.25, -0.2) is 0 Å². The number of rotatable bonds is 7. The molecule has 8 nitrogen and oxygen atoms in total. The molecule has 0 heterocycles. The van der Waals surface area contributed by atoms with E-state index >= 15 is 0 Å². The highest BCUT2D eigenvalue weighted by molar-refractivity contribution is 5.96. The second-order valence-electron chi connectivity index (χ2n) is 5.51. The van der Waals surface area contributed by atoms with E-state index in [1.165, 1.54) is 26.5 Å². The van der Waals surface area contributed by atoms with Crippen LogP contribution < -0.4 is 20.2 Å². The van der Waals surface area contributed by atoms with Gasteiger partial charge in [0.25, 0.3) is 6.21 Å². The van der Waals surface area contributed by atoms with Crippen LogP contribution in [0.5, 0.6) is 11.5 Å².